The summed E-state index contributed by atoms with van der Waals surface area (Å²) in [7, 11) is 1.24. The van der Waals surface area contributed by atoms with Crippen molar-refractivity contribution in [3.63, 3.8) is 0 Å². The van der Waals surface area contributed by atoms with Gasteiger partial charge < -0.3 is 24.9 Å². The summed E-state index contributed by atoms with van der Waals surface area (Å²) in [4.78, 5) is 23.4. The molecule has 3 N–H and O–H groups in total. The second-order valence-electron chi connectivity index (χ2n) is 8.88. The van der Waals surface area contributed by atoms with E-state index in [1.54, 1.807) is 12.1 Å². The van der Waals surface area contributed by atoms with Crippen LogP contribution in [0.3, 0.4) is 0 Å². The van der Waals surface area contributed by atoms with Gasteiger partial charge in [-0.15, -0.1) is 5.10 Å². The third-order valence-electron chi connectivity index (χ3n) is 6.29. The molecule has 0 radical (unpaired) electrons. The van der Waals surface area contributed by atoms with E-state index >= 15 is 0 Å². The van der Waals surface area contributed by atoms with Gasteiger partial charge in [0.25, 0.3) is 0 Å². The van der Waals surface area contributed by atoms with Crippen LogP contribution in [0.4, 0.5) is 30.6 Å². The number of nitrogens with one attached hydrogen (secondary N) is 2. The second kappa shape index (κ2) is 10.9. The molecule has 4 rings (SSSR count). The first kappa shape index (κ1) is 26.0. The molecule has 0 spiro atoms. The van der Waals surface area contributed by atoms with Gasteiger partial charge in [-0.25, -0.2) is 0 Å². The van der Waals surface area contributed by atoms with E-state index in [9.17, 15) is 22.8 Å². The van der Waals surface area contributed by atoms with E-state index in [4.69, 9.17) is 14.3 Å². The van der Waals surface area contributed by atoms with Gasteiger partial charge in [0.15, 0.2) is 0 Å². The molecule has 1 amide bonds. The van der Waals surface area contributed by atoms with Crippen LogP contribution in [0, 0.1) is 5.92 Å². The molecule has 1 aliphatic rings. The number of ether oxygens (including phenoxy) is 1. The zero-order valence-electron chi connectivity index (χ0n) is 19.8. The Morgan fingerprint density at radius 2 is 1.76 bits per heavy atom. The lowest BCUT2D eigenvalue weighted by Crippen LogP contribution is -2.16. The van der Waals surface area contributed by atoms with Crippen LogP contribution in [-0.4, -0.2) is 34.3 Å². The van der Waals surface area contributed by atoms with Crippen molar-refractivity contribution < 1.29 is 37.0 Å². The number of amides is 1. The van der Waals surface area contributed by atoms with Crippen LogP contribution in [0.2, 0.25) is 0 Å². The van der Waals surface area contributed by atoms with Crippen molar-refractivity contribution in [2.45, 2.75) is 44.2 Å². The predicted octanol–water partition coefficient (Wildman–Crippen LogP) is 5.84. The number of aromatic nitrogens is 2. The summed E-state index contributed by atoms with van der Waals surface area (Å²) in [5.74, 6) is -1.27. The predicted molar refractivity (Wildman–Crippen MR) is 127 cm³/mol. The number of halogens is 3. The van der Waals surface area contributed by atoms with Gasteiger partial charge in [-0.1, -0.05) is 17.2 Å². The molecule has 0 saturated heterocycles. The van der Waals surface area contributed by atoms with Crippen LogP contribution in [0.5, 0.6) is 5.75 Å². The fraction of sp³-hybridized carbons (Fsp3) is 0.360. The average molecular weight is 518 g/mol. The summed E-state index contributed by atoms with van der Waals surface area (Å²) in [6.07, 6.45) is -0.802. The first-order chi connectivity index (χ1) is 17.6. The Labute approximate surface area is 210 Å². The van der Waals surface area contributed by atoms with Gasteiger partial charge in [-0.3, -0.25) is 9.59 Å². The van der Waals surface area contributed by atoms with Crippen LogP contribution < -0.4 is 15.4 Å². The van der Waals surface area contributed by atoms with Crippen molar-refractivity contribution in [3.8, 4) is 5.75 Å². The maximum absolute atomic E-state index is 13.1. The molecule has 2 aromatic carbocycles. The molecule has 0 atom stereocenters. The number of carboxylic acid groups (broad SMARTS) is 1. The number of carboxylic acids is 1. The lowest BCUT2D eigenvalue weighted by atomic mass is 9.77. The molecule has 3 aromatic rings. The number of methoxy groups -OCH3 is 1. The van der Waals surface area contributed by atoms with E-state index in [1.165, 1.54) is 13.2 Å². The average Bonchev–Trinajstić information content (AvgIpc) is 3.32. The van der Waals surface area contributed by atoms with E-state index in [1.807, 2.05) is 12.1 Å². The van der Waals surface area contributed by atoms with E-state index in [2.05, 4.69) is 20.8 Å². The van der Waals surface area contributed by atoms with E-state index < -0.39 is 23.6 Å². The van der Waals surface area contributed by atoms with Crippen LogP contribution in [0.15, 0.2) is 46.9 Å². The number of alkyl halides is 3. The molecule has 9 nitrogen and oxygen atoms in total. The first-order valence-corrected chi connectivity index (χ1v) is 11.6. The highest BCUT2D eigenvalue weighted by Gasteiger charge is 2.31. The number of aliphatic carboxylic acids is 1. The van der Waals surface area contributed by atoms with Gasteiger partial charge in [-0.2, -0.15) is 13.2 Å². The topological polar surface area (TPSA) is 127 Å². The van der Waals surface area contributed by atoms with Gasteiger partial charge in [0.1, 0.15) is 5.75 Å². The molecule has 0 aliphatic heterocycles. The smallest absolute Gasteiger partial charge is 0.416 e. The summed E-state index contributed by atoms with van der Waals surface area (Å²) < 4.78 is 49.5. The minimum absolute atomic E-state index is 0.00475. The minimum atomic E-state index is -4.58. The number of anilines is 3. The highest BCUT2D eigenvalue weighted by Crippen LogP contribution is 2.37. The Morgan fingerprint density at radius 1 is 1.05 bits per heavy atom. The first-order valence-electron chi connectivity index (χ1n) is 11.6. The zero-order chi connectivity index (χ0) is 26.6. The highest BCUT2D eigenvalue weighted by atomic mass is 19.4. The van der Waals surface area contributed by atoms with E-state index in [0.717, 1.165) is 43.4 Å². The highest BCUT2D eigenvalue weighted by molar-refractivity contribution is 6.00. The summed E-state index contributed by atoms with van der Waals surface area (Å²) in [6, 6.07) is 10.1. The number of benzene rings is 2. The third-order valence-corrected chi connectivity index (χ3v) is 6.29. The maximum Gasteiger partial charge on any atom is 0.416 e. The molecule has 1 fully saturated rings. The monoisotopic (exact) mass is 518 g/mol. The van der Waals surface area contributed by atoms with Gasteiger partial charge >= 0.3 is 30.0 Å². The van der Waals surface area contributed by atoms with Crippen LogP contribution in [-0.2, 0) is 11.0 Å². The molecule has 196 valence electrons. The van der Waals surface area contributed by atoms with E-state index in [0.29, 0.717) is 11.6 Å². The molecule has 1 aliphatic carbocycles. The number of rotatable bonds is 8. The SMILES string of the molecule is COc1cc(Nc2nnc(C(=O)Nc3ccc(C4CCC(CC(=O)O)CC4)cc3)o2)cc(C(F)(F)F)c1. The Morgan fingerprint density at radius 3 is 2.38 bits per heavy atom. The lowest BCUT2D eigenvalue weighted by molar-refractivity contribution is -0.139. The Kier molecular flexibility index (Phi) is 7.65. The fourth-order valence-electron chi connectivity index (χ4n) is 4.41. The van der Waals surface area contributed by atoms with Gasteiger partial charge in [0, 0.05) is 23.9 Å². The number of nitrogens with zero attached hydrogens (tertiary/aromatic N) is 2. The molecule has 1 aromatic heterocycles. The molecular formula is C25H25F3N4O5. The van der Waals surface area contributed by atoms with Gasteiger partial charge in [0.05, 0.1) is 12.7 Å². The summed E-state index contributed by atoms with van der Waals surface area (Å²) >= 11 is 0. The summed E-state index contributed by atoms with van der Waals surface area (Å²) in [5, 5.41) is 21.5. The van der Waals surface area contributed by atoms with Crippen LogP contribution >= 0.6 is 0 Å². The molecule has 1 heterocycles. The Hall–Kier alpha value is -4.09. The standard InChI is InChI=1S/C25H25F3N4O5/c1-36-20-12-17(25(26,27)28)11-19(13-20)30-24-32-31-23(37-24)22(35)29-18-8-6-16(7-9-18)15-4-2-14(3-5-15)10-21(33)34/h6-9,11-15H,2-5,10H2,1H3,(H,29,35)(H,30,32)(H,33,34). The maximum atomic E-state index is 13.1. The molecule has 37 heavy (non-hydrogen) atoms. The van der Waals surface area contributed by atoms with Gasteiger partial charge in [0.2, 0.25) is 0 Å². The van der Waals surface area contributed by atoms with Gasteiger partial charge in [-0.05, 0) is 67.3 Å². The number of hydrogen-bond donors (Lipinski definition) is 3. The molecule has 0 bridgehead atoms. The quantitative estimate of drug-likeness (QED) is 0.339. The molecular weight excluding hydrogens is 493 g/mol. The number of carbonyl (C=O) groups excluding carboxylic acids is 1. The molecule has 12 heteroatoms. The molecule has 1 saturated carbocycles. The Balaban J connectivity index is 1.35. The Bertz CT molecular complexity index is 1250. The fourth-order valence-corrected chi connectivity index (χ4v) is 4.41. The molecule has 0 unspecified atom stereocenters. The van der Waals surface area contributed by atoms with Crippen molar-refractivity contribution in [1.82, 2.24) is 10.2 Å². The minimum Gasteiger partial charge on any atom is -0.497 e. The summed E-state index contributed by atoms with van der Waals surface area (Å²) in [6.45, 7) is 0. The van der Waals surface area contributed by atoms with Crippen LogP contribution in [0.25, 0.3) is 0 Å². The van der Waals surface area contributed by atoms with Crippen molar-refractivity contribution in [2.75, 3.05) is 17.7 Å². The van der Waals surface area contributed by atoms with Crippen molar-refractivity contribution in [2.24, 2.45) is 5.92 Å². The number of carbonyl (C=O) groups is 2. The van der Waals surface area contributed by atoms with E-state index in [-0.39, 0.29) is 35.7 Å². The van der Waals surface area contributed by atoms with Crippen molar-refractivity contribution >= 4 is 29.3 Å². The largest absolute Gasteiger partial charge is 0.497 e. The van der Waals surface area contributed by atoms with Crippen molar-refractivity contribution in [1.29, 1.82) is 0 Å². The van der Waals surface area contributed by atoms with Crippen LogP contribution in [0.1, 0.15) is 59.8 Å². The third kappa shape index (κ3) is 6.78. The zero-order valence-corrected chi connectivity index (χ0v) is 19.8. The van der Waals surface area contributed by atoms with Crippen molar-refractivity contribution in [3.05, 3.63) is 59.5 Å². The second-order valence-corrected chi connectivity index (χ2v) is 8.88. The summed E-state index contributed by atoms with van der Waals surface area (Å²) in [5.41, 5.74) is 0.689. The lowest BCUT2D eigenvalue weighted by Gasteiger charge is -2.28. The number of hydrogen-bond acceptors (Lipinski definition) is 7. The normalized spacial score (nSPS) is 17.7.